The Balaban J connectivity index is 1.88. The summed E-state index contributed by atoms with van der Waals surface area (Å²) in [5.74, 6) is 0.253. The second kappa shape index (κ2) is 7.41. The third-order valence-electron chi connectivity index (χ3n) is 3.65. The lowest BCUT2D eigenvalue weighted by atomic mass is 10.1. The monoisotopic (exact) mass is 295 g/mol. The van der Waals surface area contributed by atoms with Crippen LogP contribution in [0, 0.1) is 11.7 Å². The highest BCUT2D eigenvalue weighted by molar-refractivity contribution is 5.70. The Morgan fingerprint density at radius 1 is 1.48 bits per heavy atom. The maximum atomic E-state index is 13.9. The zero-order valence-electron chi connectivity index (χ0n) is 12.3. The first-order valence-electron chi connectivity index (χ1n) is 7.43. The number of nitrogens with two attached hydrogens (primary N) is 1. The van der Waals surface area contributed by atoms with Gasteiger partial charge in [0.25, 0.3) is 0 Å². The molecular weight excluding hydrogens is 273 g/mol. The van der Waals surface area contributed by atoms with Gasteiger partial charge < -0.3 is 15.2 Å². The fraction of sp³-hybridized carbons (Fsp3) is 0.562. The van der Waals surface area contributed by atoms with Crippen LogP contribution in [0.3, 0.4) is 0 Å². The average Bonchev–Trinajstić information content (AvgIpc) is 3.20. The summed E-state index contributed by atoms with van der Waals surface area (Å²) in [5.41, 5.74) is 6.29. The molecule has 0 heterocycles. The van der Waals surface area contributed by atoms with Crippen LogP contribution in [0.2, 0.25) is 0 Å². The molecule has 1 fully saturated rings. The topological polar surface area (TPSA) is 61.5 Å². The molecule has 0 bridgehead atoms. The highest BCUT2D eigenvalue weighted by Gasteiger charge is 2.40. The van der Waals surface area contributed by atoms with E-state index in [1.54, 1.807) is 13.0 Å². The van der Waals surface area contributed by atoms with Crippen molar-refractivity contribution in [1.82, 2.24) is 0 Å². The molecular formula is C16H22FNO3. The van der Waals surface area contributed by atoms with Crippen molar-refractivity contribution in [2.75, 3.05) is 19.8 Å². The third kappa shape index (κ3) is 4.43. The lowest BCUT2D eigenvalue weighted by molar-refractivity contribution is -0.143. The first-order valence-corrected chi connectivity index (χ1v) is 7.43. The molecule has 1 aromatic rings. The largest absolute Gasteiger partial charge is 0.490 e. The van der Waals surface area contributed by atoms with Crippen molar-refractivity contribution >= 4 is 5.97 Å². The number of carbonyl (C=O) groups excluding carboxylic acids is 1. The molecule has 0 aliphatic heterocycles. The Morgan fingerprint density at radius 3 is 2.95 bits per heavy atom. The molecule has 1 aliphatic rings. The predicted octanol–water partition coefficient (Wildman–Crippen LogP) is 2.61. The van der Waals surface area contributed by atoms with Crippen molar-refractivity contribution in [3.05, 3.63) is 29.6 Å². The smallest absolute Gasteiger partial charge is 0.306 e. The van der Waals surface area contributed by atoms with Gasteiger partial charge >= 0.3 is 5.97 Å². The normalized spacial score (nSPS) is 20.1. The quantitative estimate of drug-likeness (QED) is 0.591. The van der Waals surface area contributed by atoms with Crippen LogP contribution in [0.25, 0.3) is 0 Å². The van der Waals surface area contributed by atoms with Gasteiger partial charge in [-0.2, -0.15) is 0 Å². The predicted molar refractivity (Wildman–Crippen MR) is 77.7 cm³/mol. The molecule has 0 radical (unpaired) electrons. The van der Waals surface area contributed by atoms with E-state index >= 15 is 0 Å². The highest BCUT2D eigenvalue weighted by Crippen LogP contribution is 2.50. The van der Waals surface area contributed by atoms with Crippen LogP contribution in [0.4, 0.5) is 4.39 Å². The van der Waals surface area contributed by atoms with E-state index in [0.717, 1.165) is 12.0 Å². The molecule has 21 heavy (non-hydrogen) atoms. The minimum atomic E-state index is -0.355. The maximum absolute atomic E-state index is 13.9. The number of benzene rings is 1. The van der Waals surface area contributed by atoms with Gasteiger partial charge in [-0.3, -0.25) is 4.79 Å². The third-order valence-corrected chi connectivity index (χ3v) is 3.65. The maximum Gasteiger partial charge on any atom is 0.306 e. The van der Waals surface area contributed by atoms with Crippen LogP contribution in [0.1, 0.15) is 37.7 Å². The fourth-order valence-electron chi connectivity index (χ4n) is 2.45. The molecule has 5 heteroatoms. The molecule has 4 nitrogen and oxygen atoms in total. The second-order valence-electron chi connectivity index (χ2n) is 5.29. The van der Waals surface area contributed by atoms with Crippen LogP contribution in [0.15, 0.2) is 18.2 Å². The lowest BCUT2D eigenvalue weighted by Gasteiger charge is -2.08. The Kier molecular flexibility index (Phi) is 5.56. The van der Waals surface area contributed by atoms with E-state index in [2.05, 4.69) is 0 Å². The first-order chi connectivity index (χ1) is 10.2. The number of ether oxygens (including phenoxy) is 2. The SMILES string of the molecule is CCOC(=O)CC1CC1c1ccc(OCCCN)c(F)c1. The van der Waals surface area contributed by atoms with E-state index in [-0.39, 0.29) is 29.4 Å². The fourth-order valence-corrected chi connectivity index (χ4v) is 2.45. The molecule has 0 spiro atoms. The Hall–Kier alpha value is -1.62. The van der Waals surface area contributed by atoms with Crippen LogP contribution >= 0.6 is 0 Å². The highest BCUT2D eigenvalue weighted by atomic mass is 19.1. The number of esters is 1. The molecule has 116 valence electrons. The van der Waals surface area contributed by atoms with E-state index in [1.165, 1.54) is 6.07 Å². The summed E-state index contributed by atoms with van der Waals surface area (Å²) in [6.07, 6.45) is 2.02. The summed E-state index contributed by atoms with van der Waals surface area (Å²) in [5, 5.41) is 0. The Morgan fingerprint density at radius 2 is 2.29 bits per heavy atom. The zero-order chi connectivity index (χ0) is 15.2. The van der Waals surface area contributed by atoms with E-state index < -0.39 is 0 Å². The number of hydrogen-bond donors (Lipinski definition) is 1. The summed E-state index contributed by atoms with van der Waals surface area (Å²) in [6.45, 7) is 3.14. The number of rotatable bonds is 8. The molecule has 2 atom stereocenters. The molecule has 2 unspecified atom stereocenters. The molecule has 1 saturated carbocycles. The summed E-state index contributed by atoms with van der Waals surface area (Å²) < 4.78 is 24.2. The Labute approximate surface area is 124 Å². The van der Waals surface area contributed by atoms with E-state index in [0.29, 0.717) is 32.6 Å². The van der Waals surface area contributed by atoms with Crippen LogP contribution in [0.5, 0.6) is 5.75 Å². The van der Waals surface area contributed by atoms with Gasteiger partial charge in [0.05, 0.1) is 13.2 Å². The van der Waals surface area contributed by atoms with Gasteiger partial charge in [0.1, 0.15) is 0 Å². The number of halogens is 1. The van der Waals surface area contributed by atoms with Crippen molar-refractivity contribution in [3.8, 4) is 5.75 Å². The van der Waals surface area contributed by atoms with Crippen molar-refractivity contribution in [2.45, 2.75) is 32.1 Å². The van der Waals surface area contributed by atoms with Crippen molar-refractivity contribution in [3.63, 3.8) is 0 Å². The molecule has 0 aromatic heterocycles. The molecule has 0 saturated heterocycles. The molecule has 1 aromatic carbocycles. The average molecular weight is 295 g/mol. The molecule has 0 amide bonds. The molecule has 2 rings (SSSR count). The Bertz CT molecular complexity index is 492. The van der Waals surface area contributed by atoms with Crippen molar-refractivity contribution in [1.29, 1.82) is 0 Å². The summed E-state index contributed by atoms with van der Waals surface area (Å²) >= 11 is 0. The summed E-state index contributed by atoms with van der Waals surface area (Å²) in [6, 6.07) is 5.03. The minimum Gasteiger partial charge on any atom is -0.490 e. The summed E-state index contributed by atoms with van der Waals surface area (Å²) in [4.78, 5) is 11.4. The van der Waals surface area contributed by atoms with Gasteiger partial charge in [0.2, 0.25) is 0 Å². The van der Waals surface area contributed by atoms with Crippen molar-refractivity contribution < 1.29 is 18.7 Å². The van der Waals surface area contributed by atoms with E-state index in [4.69, 9.17) is 15.2 Å². The molecule has 2 N–H and O–H groups in total. The van der Waals surface area contributed by atoms with E-state index in [1.807, 2.05) is 6.07 Å². The zero-order valence-corrected chi connectivity index (χ0v) is 12.3. The lowest BCUT2D eigenvalue weighted by Crippen LogP contribution is -2.07. The van der Waals surface area contributed by atoms with Gasteiger partial charge in [-0.1, -0.05) is 6.07 Å². The first kappa shape index (κ1) is 15.8. The second-order valence-corrected chi connectivity index (χ2v) is 5.29. The van der Waals surface area contributed by atoms with Crippen molar-refractivity contribution in [2.24, 2.45) is 11.7 Å². The van der Waals surface area contributed by atoms with Gasteiger partial charge in [-0.25, -0.2) is 4.39 Å². The van der Waals surface area contributed by atoms with E-state index in [9.17, 15) is 9.18 Å². The number of hydrogen-bond acceptors (Lipinski definition) is 4. The van der Waals surface area contributed by atoms with Crippen LogP contribution < -0.4 is 10.5 Å². The van der Waals surface area contributed by atoms with Gasteiger partial charge in [0.15, 0.2) is 11.6 Å². The van der Waals surface area contributed by atoms with Gasteiger partial charge in [-0.15, -0.1) is 0 Å². The van der Waals surface area contributed by atoms with Crippen LogP contribution in [-0.4, -0.2) is 25.7 Å². The minimum absolute atomic E-state index is 0.174. The van der Waals surface area contributed by atoms with Gasteiger partial charge in [0, 0.05) is 6.42 Å². The van der Waals surface area contributed by atoms with Crippen LogP contribution in [-0.2, 0) is 9.53 Å². The molecule has 1 aliphatic carbocycles. The van der Waals surface area contributed by atoms with Gasteiger partial charge in [-0.05, 0) is 55.8 Å². The number of carbonyl (C=O) groups is 1. The standard InChI is InChI=1S/C16H22FNO3/c1-2-20-16(19)10-12-8-13(12)11-4-5-15(14(17)9-11)21-7-3-6-18/h4-5,9,12-13H,2-3,6-8,10,18H2,1H3. The summed E-state index contributed by atoms with van der Waals surface area (Å²) in [7, 11) is 0.